The number of hydrogen-bond donors (Lipinski definition) is 1. The average molecular weight is 609 g/mol. The fourth-order valence-electron chi connectivity index (χ4n) is 3.37. The summed E-state index contributed by atoms with van der Waals surface area (Å²) in [5.41, 5.74) is 1.38. The molecule has 0 radical (unpaired) electrons. The molecule has 0 aromatic heterocycles. The molecule has 1 heterocycles. The van der Waals surface area contributed by atoms with Crippen LogP contribution in [0.3, 0.4) is 0 Å². The number of nitrogens with zero attached hydrogens (tertiary/aromatic N) is 1. The maximum absolute atomic E-state index is 12.5. The topological polar surface area (TPSA) is 94.4 Å². The van der Waals surface area contributed by atoms with Gasteiger partial charge in [0.15, 0.2) is 11.5 Å². The van der Waals surface area contributed by atoms with Gasteiger partial charge in [0.05, 0.1) is 22.6 Å². The number of benzene rings is 2. The van der Waals surface area contributed by atoms with E-state index in [2.05, 4.69) is 20.9 Å². The van der Waals surface area contributed by atoms with Crippen molar-refractivity contribution in [2.75, 3.05) is 13.2 Å². The van der Waals surface area contributed by atoms with Crippen LogP contribution in [0.15, 0.2) is 62.1 Å². The molecule has 0 fully saturated rings. The Kier molecular flexibility index (Phi) is 10.7. The van der Waals surface area contributed by atoms with Gasteiger partial charge in [0.1, 0.15) is 23.0 Å². The lowest BCUT2D eigenvalue weighted by molar-refractivity contribution is -0.138. The van der Waals surface area contributed by atoms with Crippen LogP contribution in [0.25, 0.3) is 6.08 Å². The largest absolute Gasteiger partial charge is 0.506 e. The third kappa shape index (κ3) is 7.40. The van der Waals surface area contributed by atoms with Crippen LogP contribution in [0.4, 0.5) is 0 Å². The van der Waals surface area contributed by atoms with E-state index in [9.17, 15) is 14.7 Å². The van der Waals surface area contributed by atoms with Gasteiger partial charge in [0, 0.05) is 17.0 Å². The molecule has 2 aromatic rings. The zero-order valence-corrected chi connectivity index (χ0v) is 23.8. The van der Waals surface area contributed by atoms with E-state index < -0.39 is 5.97 Å². The highest BCUT2D eigenvalue weighted by Crippen LogP contribution is 2.42. The van der Waals surface area contributed by atoms with E-state index in [4.69, 9.17) is 25.8 Å². The molecule has 37 heavy (non-hydrogen) atoms. The van der Waals surface area contributed by atoms with Crippen molar-refractivity contribution in [2.24, 2.45) is 4.99 Å². The van der Waals surface area contributed by atoms with Crippen LogP contribution in [0.2, 0.25) is 5.02 Å². The second kappa shape index (κ2) is 13.7. The summed E-state index contributed by atoms with van der Waals surface area (Å²) in [5.74, 6) is -0.414. The van der Waals surface area contributed by atoms with Crippen LogP contribution in [0, 0.1) is 0 Å². The third-order valence-electron chi connectivity index (χ3n) is 5.02. The highest BCUT2D eigenvalue weighted by Gasteiger charge is 2.33. The number of ether oxygens (including phenoxy) is 3. The Labute approximate surface area is 233 Å². The normalized spacial score (nSPS) is 15.4. The molecule has 7 nitrogen and oxygen atoms in total. The molecule has 1 N–H and O–H groups in total. The van der Waals surface area contributed by atoms with E-state index in [1.165, 1.54) is 0 Å². The quantitative estimate of drug-likeness (QED) is 0.284. The Morgan fingerprint density at radius 3 is 2.57 bits per heavy atom. The van der Waals surface area contributed by atoms with Gasteiger partial charge in [0.25, 0.3) is 0 Å². The summed E-state index contributed by atoms with van der Waals surface area (Å²) in [5, 5.41) is 11.6. The van der Waals surface area contributed by atoms with Gasteiger partial charge in [-0.25, -0.2) is 9.79 Å². The van der Waals surface area contributed by atoms with Crippen molar-refractivity contribution in [3.05, 3.63) is 73.3 Å². The van der Waals surface area contributed by atoms with Gasteiger partial charge in [-0.05, 0) is 66.0 Å². The van der Waals surface area contributed by atoms with Gasteiger partial charge < -0.3 is 19.3 Å². The first kappa shape index (κ1) is 28.8. The van der Waals surface area contributed by atoms with Crippen molar-refractivity contribution >= 4 is 62.3 Å². The smallest absolute Gasteiger partial charge is 0.344 e. The molecule has 0 bridgehead atoms. The van der Waals surface area contributed by atoms with Crippen molar-refractivity contribution in [2.45, 2.75) is 40.2 Å². The third-order valence-corrected chi connectivity index (χ3v) is 7.00. The van der Waals surface area contributed by atoms with Gasteiger partial charge >= 0.3 is 5.97 Å². The summed E-state index contributed by atoms with van der Waals surface area (Å²) in [7, 11) is 0. The van der Waals surface area contributed by atoms with Gasteiger partial charge in [-0.2, -0.15) is 0 Å². The number of thioether (sulfide) groups is 1. The number of aliphatic hydroxyl groups excluding tert-OH is 1. The number of rotatable bonds is 10. The zero-order valence-electron chi connectivity index (χ0n) is 20.7. The Balaban J connectivity index is 1.97. The summed E-state index contributed by atoms with van der Waals surface area (Å²) in [6.45, 7) is 6.15. The fourth-order valence-corrected chi connectivity index (χ4v) is 5.16. The van der Waals surface area contributed by atoms with Crippen LogP contribution >= 0.6 is 39.3 Å². The lowest BCUT2D eigenvalue weighted by atomic mass is 10.1. The van der Waals surface area contributed by atoms with Gasteiger partial charge in [-0.3, -0.25) is 4.79 Å². The second-order valence-corrected chi connectivity index (χ2v) is 10.1. The van der Waals surface area contributed by atoms with E-state index in [1.807, 2.05) is 32.0 Å². The first-order chi connectivity index (χ1) is 17.8. The molecular formula is C27H27BrClNO6S. The molecule has 3 rings (SSSR count). The molecule has 0 saturated heterocycles. The molecule has 1 aliphatic heterocycles. The average Bonchev–Trinajstić information content (AvgIpc) is 3.14. The maximum atomic E-state index is 12.5. The number of esters is 1. The van der Waals surface area contributed by atoms with Crippen LogP contribution < -0.4 is 9.47 Å². The molecule has 10 heteroatoms. The first-order valence-electron chi connectivity index (χ1n) is 11.7. The lowest BCUT2D eigenvalue weighted by Gasteiger charge is -2.15. The number of amides is 1. The van der Waals surface area contributed by atoms with Crippen molar-refractivity contribution in [1.82, 2.24) is 0 Å². The summed E-state index contributed by atoms with van der Waals surface area (Å²) < 4.78 is 17.6. The van der Waals surface area contributed by atoms with E-state index in [-0.39, 0.29) is 41.9 Å². The molecule has 2 aromatic carbocycles. The van der Waals surface area contributed by atoms with Crippen LogP contribution in [-0.2, 0) is 20.9 Å². The summed E-state index contributed by atoms with van der Waals surface area (Å²) in [6.07, 6.45) is 2.53. The van der Waals surface area contributed by atoms with Crippen molar-refractivity contribution in [3.63, 3.8) is 0 Å². The Bertz CT molecular complexity index is 1270. The number of aliphatic hydroxyl groups is 1. The molecule has 1 amide bonds. The highest BCUT2D eigenvalue weighted by molar-refractivity contribution is 9.10. The molecule has 0 saturated carbocycles. The Morgan fingerprint density at radius 2 is 1.89 bits per heavy atom. The van der Waals surface area contributed by atoms with Crippen molar-refractivity contribution in [1.29, 1.82) is 0 Å². The summed E-state index contributed by atoms with van der Waals surface area (Å²) in [6, 6.07) is 11.0. The van der Waals surface area contributed by atoms with Crippen LogP contribution in [0.1, 0.15) is 44.7 Å². The maximum Gasteiger partial charge on any atom is 0.344 e. The number of carbonyl (C=O) groups excluding carboxylic acids is 2. The first-order valence-corrected chi connectivity index (χ1v) is 13.7. The Morgan fingerprint density at radius 1 is 1.14 bits per heavy atom. The minimum Gasteiger partial charge on any atom is -0.506 e. The molecule has 0 aliphatic carbocycles. The summed E-state index contributed by atoms with van der Waals surface area (Å²) in [4.78, 5) is 29.1. The number of carbonyl (C=O) groups is 2. The second-order valence-electron chi connectivity index (χ2n) is 7.76. The lowest BCUT2D eigenvalue weighted by Crippen LogP contribution is -2.14. The Hall–Kier alpha value is -2.75. The molecule has 1 aliphatic rings. The van der Waals surface area contributed by atoms with Gasteiger partial charge in [-0.15, -0.1) is 0 Å². The summed E-state index contributed by atoms with van der Waals surface area (Å²) >= 11 is 10.8. The molecule has 196 valence electrons. The fraction of sp³-hybridized carbons (Fsp3) is 0.296. The number of hydrogen-bond acceptors (Lipinski definition) is 7. The molecular weight excluding hydrogens is 582 g/mol. The van der Waals surface area contributed by atoms with Gasteiger partial charge in [0.2, 0.25) is 5.91 Å². The van der Waals surface area contributed by atoms with Crippen molar-refractivity contribution < 1.29 is 28.9 Å². The van der Waals surface area contributed by atoms with Crippen molar-refractivity contribution in [3.8, 4) is 11.5 Å². The van der Waals surface area contributed by atoms with E-state index in [1.54, 1.807) is 31.2 Å². The molecule has 0 unspecified atom stereocenters. The zero-order chi connectivity index (χ0) is 26.9. The van der Waals surface area contributed by atoms with Crippen LogP contribution in [-0.4, -0.2) is 35.2 Å². The van der Waals surface area contributed by atoms with E-state index in [0.29, 0.717) is 44.5 Å². The number of aliphatic imine (C=N–C) groups is 1. The SMILES string of the molecule is CCCC(=O)N=C1S/C(=C\c2cc(Br)c(OCc3ccccc3Cl)c(OCC)c2)C(O)=C1C(=O)OCC. The molecule has 0 spiro atoms. The predicted molar refractivity (Wildman–Crippen MR) is 150 cm³/mol. The number of halogens is 2. The van der Waals surface area contributed by atoms with Crippen LogP contribution in [0.5, 0.6) is 11.5 Å². The predicted octanol–water partition coefficient (Wildman–Crippen LogP) is 7.27. The minimum absolute atomic E-state index is 0.115. The van der Waals surface area contributed by atoms with Gasteiger partial charge in [-0.1, -0.05) is 48.5 Å². The van der Waals surface area contributed by atoms with E-state index in [0.717, 1.165) is 17.3 Å². The highest BCUT2D eigenvalue weighted by atomic mass is 79.9. The standard InChI is InChI=1S/C27H27BrClNO6S/c1-4-9-22(31)30-26-23(27(33)35-6-3)24(32)21(37-26)14-16-12-18(28)25(20(13-16)34-5-2)36-15-17-10-7-8-11-19(17)29/h7-8,10-14,32H,4-6,9,15H2,1-3H3/b21-14-,30-26?. The van der Waals surface area contributed by atoms with E-state index >= 15 is 0 Å². The minimum atomic E-state index is -0.738. The monoisotopic (exact) mass is 607 g/mol. The molecule has 0 atom stereocenters.